The van der Waals surface area contributed by atoms with E-state index in [0.29, 0.717) is 30.0 Å². The molecule has 2 N–H and O–H groups in total. The first kappa shape index (κ1) is 22.7. The van der Waals surface area contributed by atoms with E-state index in [0.717, 1.165) is 24.0 Å². The molecule has 0 radical (unpaired) electrons. The van der Waals surface area contributed by atoms with Gasteiger partial charge in [0.25, 0.3) is 5.91 Å². The molecule has 6 heteroatoms. The maximum Gasteiger partial charge on any atom is 0.271 e. The topological polar surface area (TPSA) is 79.8 Å². The number of hydrazone groups is 1. The second-order valence-electron chi connectivity index (χ2n) is 7.24. The third-order valence-corrected chi connectivity index (χ3v) is 4.69. The summed E-state index contributed by atoms with van der Waals surface area (Å²) < 4.78 is 5.90. The van der Waals surface area contributed by atoms with Crippen molar-refractivity contribution < 1.29 is 14.3 Å². The lowest BCUT2D eigenvalue weighted by atomic mass is 10.2. The Morgan fingerprint density at radius 3 is 2.56 bits per heavy atom. The molecular formula is C26H27N3O3. The van der Waals surface area contributed by atoms with Gasteiger partial charge in [-0.3, -0.25) is 9.59 Å². The van der Waals surface area contributed by atoms with Crippen LogP contribution in [0, 0.1) is 0 Å². The monoisotopic (exact) mass is 429 g/mol. The lowest BCUT2D eigenvalue weighted by Crippen LogP contribution is -2.18. The van der Waals surface area contributed by atoms with Crippen molar-refractivity contribution in [1.82, 2.24) is 5.43 Å². The quantitative estimate of drug-likeness (QED) is 0.345. The van der Waals surface area contributed by atoms with Crippen LogP contribution in [-0.2, 0) is 11.4 Å². The van der Waals surface area contributed by atoms with Crippen LogP contribution in [0.15, 0.2) is 84.0 Å². The van der Waals surface area contributed by atoms with Crippen molar-refractivity contribution in [2.45, 2.75) is 32.8 Å². The second kappa shape index (κ2) is 12.1. The average molecular weight is 430 g/mol. The van der Waals surface area contributed by atoms with Gasteiger partial charge in [0.2, 0.25) is 5.91 Å². The van der Waals surface area contributed by atoms with Gasteiger partial charge in [0.05, 0.1) is 6.21 Å². The van der Waals surface area contributed by atoms with E-state index in [1.54, 1.807) is 30.5 Å². The van der Waals surface area contributed by atoms with Crippen LogP contribution in [0.1, 0.15) is 47.7 Å². The molecule has 0 bridgehead atoms. The van der Waals surface area contributed by atoms with E-state index < -0.39 is 0 Å². The van der Waals surface area contributed by atoms with Gasteiger partial charge in [-0.1, -0.05) is 61.9 Å². The Bertz CT molecular complexity index is 1060. The lowest BCUT2D eigenvalue weighted by molar-refractivity contribution is -0.116. The summed E-state index contributed by atoms with van der Waals surface area (Å²) in [5.74, 6) is 0.245. The first-order valence-electron chi connectivity index (χ1n) is 10.6. The molecule has 32 heavy (non-hydrogen) atoms. The van der Waals surface area contributed by atoms with E-state index in [1.165, 1.54) is 0 Å². The minimum atomic E-state index is -0.367. The SMILES string of the molecule is CCCCC(=O)Nc1cccc(C(=O)N/N=C/c2ccccc2OCc2ccccc2)c1. The van der Waals surface area contributed by atoms with E-state index in [1.807, 2.05) is 61.5 Å². The molecule has 0 saturated heterocycles. The van der Waals surface area contributed by atoms with Gasteiger partial charge < -0.3 is 10.1 Å². The summed E-state index contributed by atoms with van der Waals surface area (Å²) in [6, 6.07) is 24.1. The number of ether oxygens (including phenoxy) is 1. The number of hydrogen-bond donors (Lipinski definition) is 2. The third kappa shape index (κ3) is 7.09. The van der Waals surface area contributed by atoms with Crippen molar-refractivity contribution in [3.05, 3.63) is 95.6 Å². The zero-order chi connectivity index (χ0) is 22.6. The van der Waals surface area contributed by atoms with Gasteiger partial charge in [-0.2, -0.15) is 5.10 Å². The zero-order valence-corrected chi connectivity index (χ0v) is 18.1. The molecule has 0 saturated carbocycles. The third-order valence-electron chi connectivity index (χ3n) is 4.69. The first-order chi connectivity index (χ1) is 15.7. The van der Waals surface area contributed by atoms with E-state index in [-0.39, 0.29) is 11.8 Å². The van der Waals surface area contributed by atoms with E-state index >= 15 is 0 Å². The number of carbonyl (C=O) groups excluding carboxylic acids is 2. The van der Waals surface area contributed by atoms with Crippen molar-refractivity contribution in [2.75, 3.05) is 5.32 Å². The maximum atomic E-state index is 12.5. The molecule has 164 valence electrons. The van der Waals surface area contributed by atoms with Gasteiger partial charge in [0, 0.05) is 23.2 Å². The number of hydrogen-bond acceptors (Lipinski definition) is 4. The molecule has 0 heterocycles. The highest BCUT2D eigenvalue weighted by atomic mass is 16.5. The molecular weight excluding hydrogens is 402 g/mol. The van der Waals surface area contributed by atoms with Crippen LogP contribution in [0.4, 0.5) is 5.69 Å². The Balaban J connectivity index is 1.58. The van der Waals surface area contributed by atoms with Gasteiger partial charge in [-0.05, 0) is 42.3 Å². The Morgan fingerprint density at radius 1 is 0.969 bits per heavy atom. The summed E-state index contributed by atoms with van der Waals surface area (Å²) >= 11 is 0. The predicted octanol–water partition coefficient (Wildman–Crippen LogP) is 5.16. The van der Waals surface area contributed by atoms with Gasteiger partial charge >= 0.3 is 0 Å². The predicted molar refractivity (Wildman–Crippen MR) is 127 cm³/mol. The zero-order valence-electron chi connectivity index (χ0n) is 18.1. The number of nitrogens with zero attached hydrogens (tertiary/aromatic N) is 1. The summed E-state index contributed by atoms with van der Waals surface area (Å²) in [4.78, 5) is 24.4. The van der Waals surface area contributed by atoms with Crippen LogP contribution in [0.2, 0.25) is 0 Å². The van der Waals surface area contributed by atoms with Crippen LogP contribution >= 0.6 is 0 Å². The second-order valence-corrected chi connectivity index (χ2v) is 7.24. The van der Waals surface area contributed by atoms with E-state index in [9.17, 15) is 9.59 Å². The summed E-state index contributed by atoms with van der Waals surface area (Å²) in [5, 5.41) is 6.89. The Morgan fingerprint density at radius 2 is 1.75 bits per heavy atom. The fourth-order valence-electron chi connectivity index (χ4n) is 2.98. The summed E-state index contributed by atoms with van der Waals surface area (Å²) in [6.07, 6.45) is 3.79. The van der Waals surface area contributed by atoms with Gasteiger partial charge in [-0.15, -0.1) is 0 Å². The van der Waals surface area contributed by atoms with Gasteiger partial charge in [0.1, 0.15) is 12.4 Å². The highest BCUT2D eigenvalue weighted by Crippen LogP contribution is 2.18. The molecule has 0 spiro atoms. The number of carbonyl (C=O) groups is 2. The van der Waals surface area contributed by atoms with E-state index in [2.05, 4.69) is 15.8 Å². The molecule has 0 aliphatic carbocycles. The largest absolute Gasteiger partial charge is 0.488 e. The molecule has 0 aliphatic heterocycles. The summed E-state index contributed by atoms with van der Waals surface area (Å²) in [5.41, 5.74) is 5.33. The Hall–Kier alpha value is -3.93. The number of nitrogens with one attached hydrogen (secondary N) is 2. The molecule has 3 aromatic carbocycles. The van der Waals surface area contributed by atoms with Crippen molar-refractivity contribution in [1.29, 1.82) is 0 Å². The summed E-state index contributed by atoms with van der Waals surface area (Å²) in [6.45, 7) is 2.47. The van der Waals surface area contributed by atoms with Crippen LogP contribution < -0.4 is 15.5 Å². The van der Waals surface area contributed by atoms with Crippen molar-refractivity contribution in [3.8, 4) is 5.75 Å². The van der Waals surface area contributed by atoms with Crippen LogP contribution in [0.5, 0.6) is 5.75 Å². The fourth-order valence-corrected chi connectivity index (χ4v) is 2.98. The molecule has 0 aromatic heterocycles. The van der Waals surface area contributed by atoms with Crippen molar-refractivity contribution in [3.63, 3.8) is 0 Å². The standard InChI is InChI=1S/C26H27N3O3/c1-2-3-16-25(30)28-23-14-9-13-21(17-23)26(31)29-27-18-22-12-7-8-15-24(22)32-19-20-10-5-4-6-11-20/h4-15,17-18H,2-3,16,19H2,1H3,(H,28,30)(H,29,31)/b27-18+. The minimum absolute atomic E-state index is 0.0606. The average Bonchev–Trinajstić information content (AvgIpc) is 2.83. The number of rotatable bonds is 10. The number of unbranched alkanes of at least 4 members (excludes halogenated alkanes) is 1. The number of para-hydroxylation sites is 1. The van der Waals surface area contributed by atoms with Crippen LogP contribution in [0.25, 0.3) is 0 Å². The Kier molecular flexibility index (Phi) is 8.57. The molecule has 3 rings (SSSR count). The van der Waals surface area contributed by atoms with Gasteiger partial charge in [-0.25, -0.2) is 5.43 Å². The molecule has 0 atom stereocenters. The summed E-state index contributed by atoms with van der Waals surface area (Å²) in [7, 11) is 0. The fraction of sp³-hybridized carbons (Fsp3) is 0.192. The first-order valence-corrected chi connectivity index (χ1v) is 10.6. The number of amides is 2. The van der Waals surface area contributed by atoms with Crippen molar-refractivity contribution >= 4 is 23.7 Å². The lowest BCUT2D eigenvalue weighted by Gasteiger charge is -2.09. The minimum Gasteiger partial charge on any atom is -0.488 e. The van der Waals surface area contributed by atoms with Crippen LogP contribution in [-0.4, -0.2) is 18.0 Å². The van der Waals surface area contributed by atoms with Crippen molar-refractivity contribution in [2.24, 2.45) is 5.10 Å². The molecule has 0 unspecified atom stereocenters. The Labute approximate surface area is 188 Å². The smallest absolute Gasteiger partial charge is 0.271 e. The molecule has 0 aliphatic rings. The molecule has 0 fully saturated rings. The maximum absolute atomic E-state index is 12.5. The van der Waals surface area contributed by atoms with E-state index in [4.69, 9.17) is 4.74 Å². The van der Waals surface area contributed by atoms with Gasteiger partial charge in [0.15, 0.2) is 0 Å². The van der Waals surface area contributed by atoms with Crippen LogP contribution in [0.3, 0.4) is 0 Å². The normalized spacial score (nSPS) is 10.7. The highest BCUT2D eigenvalue weighted by Gasteiger charge is 2.08. The molecule has 3 aromatic rings. The highest BCUT2D eigenvalue weighted by molar-refractivity contribution is 5.97. The number of anilines is 1. The number of benzene rings is 3. The molecule has 6 nitrogen and oxygen atoms in total. The molecule has 2 amide bonds.